The van der Waals surface area contributed by atoms with Gasteiger partial charge >= 0.3 is 0 Å². The number of carbonyl (C=O) groups is 2. The Balaban J connectivity index is 5.02. The van der Waals surface area contributed by atoms with Crippen LogP contribution in [0.2, 0.25) is 18.1 Å². The molecule has 0 bridgehead atoms. The van der Waals surface area contributed by atoms with Crippen LogP contribution in [0.4, 0.5) is 0 Å². The summed E-state index contributed by atoms with van der Waals surface area (Å²) >= 11 is 0. The fourth-order valence-corrected chi connectivity index (χ4v) is 3.88. The maximum atomic E-state index is 11.8. The van der Waals surface area contributed by atoms with Crippen LogP contribution in [0.15, 0.2) is 0 Å². The Morgan fingerprint density at radius 2 is 1.61 bits per heavy atom. The van der Waals surface area contributed by atoms with Crippen LogP contribution >= 0.6 is 0 Å². The second-order valence-corrected chi connectivity index (χ2v) is 13.4. The van der Waals surface area contributed by atoms with Gasteiger partial charge in [-0.15, -0.1) is 0 Å². The van der Waals surface area contributed by atoms with Gasteiger partial charge in [-0.05, 0) is 31.0 Å². The Morgan fingerprint density at radius 1 is 1.13 bits per heavy atom. The molecule has 0 rings (SSSR count). The van der Waals surface area contributed by atoms with Gasteiger partial charge < -0.3 is 9.53 Å². The van der Waals surface area contributed by atoms with Crippen LogP contribution in [0.3, 0.4) is 0 Å². The van der Waals surface area contributed by atoms with E-state index < -0.39 is 14.4 Å². The molecule has 0 heterocycles. The lowest BCUT2D eigenvalue weighted by molar-refractivity contribution is -0.127. The predicted octanol–water partition coefficient (Wildman–Crippen LogP) is 3.97. The second-order valence-electron chi connectivity index (χ2n) is 8.63. The summed E-state index contributed by atoms with van der Waals surface area (Å²) in [5.41, 5.74) is 0. The molecule has 0 radical (unpaired) electrons. The Labute approximate surface area is 143 Å². The summed E-state index contributed by atoms with van der Waals surface area (Å²) in [6.07, 6.45) is -0.959. The maximum absolute atomic E-state index is 11.8. The Hall–Kier alpha value is -0.523. The number of hydrogen-bond acceptors (Lipinski definition) is 4. The number of rotatable bonds is 9. The van der Waals surface area contributed by atoms with E-state index in [1.165, 1.54) is 6.92 Å². The lowest BCUT2D eigenvalue weighted by Crippen LogP contribution is -2.49. The fraction of sp³-hybridized carbons (Fsp3) is 0.889. The van der Waals surface area contributed by atoms with E-state index in [-0.39, 0.29) is 47.4 Å². The average Bonchev–Trinajstić information content (AvgIpc) is 2.32. The molecule has 3 atom stereocenters. The maximum Gasteiger partial charge on any atom is 0.192 e. The van der Waals surface area contributed by atoms with E-state index in [1.807, 2.05) is 6.92 Å². The molecule has 0 unspecified atom stereocenters. The van der Waals surface area contributed by atoms with Crippen molar-refractivity contribution in [3.05, 3.63) is 0 Å². The minimum atomic E-state index is -1.96. The van der Waals surface area contributed by atoms with Gasteiger partial charge in [-0.2, -0.15) is 0 Å². The first-order valence-corrected chi connectivity index (χ1v) is 11.5. The van der Waals surface area contributed by atoms with Crippen molar-refractivity contribution in [3.63, 3.8) is 0 Å². The molecule has 0 saturated carbocycles. The third-order valence-electron chi connectivity index (χ3n) is 4.90. The lowest BCUT2D eigenvalue weighted by Gasteiger charge is -2.43. The number of aliphatic hydroxyl groups excluding tert-OH is 1. The van der Waals surface area contributed by atoms with Crippen LogP contribution < -0.4 is 0 Å². The number of aliphatic hydroxyl groups is 1. The van der Waals surface area contributed by atoms with Gasteiger partial charge in [0.1, 0.15) is 11.6 Å². The standard InChI is InChI=1S/C18H36O4Si/c1-12(2)17(22-23(8,9)18(5,6)7)14(4)16(21)11-15(20)10-13(3)19/h12,14,16-17,21H,10-11H2,1-9H3/t14-,16+,17-/m1/s1. The Morgan fingerprint density at radius 3 is 1.96 bits per heavy atom. The molecule has 0 aromatic rings. The van der Waals surface area contributed by atoms with E-state index in [0.29, 0.717) is 0 Å². The van der Waals surface area contributed by atoms with Crippen molar-refractivity contribution in [1.29, 1.82) is 0 Å². The molecule has 0 aromatic heterocycles. The molecule has 0 aliphatic rings. The van der Waals surface area contributed by atoms with E-state index >= 15 is 0 Å². The molecular weight excluding hydrogens is 308 g/mol. The SMILES string of the molecule is CC(=O)CC(=O)C[C@H](O)[C@@H](C)[C@H](O[Si](C)(C)C(C)(C)C)C(C)C. The van der Waals surface area contributed by atoms with E-state index in [1.54, 1.807) is 0 Å². The largest absolute Gasteiger partial charge is 0.413 e. The third-order valence-corrected chi connectivity index (χ3v) is 9.38. The van der Waals surface area contributed by atoms with Crippen molar-refractivity contribution in [2.45, 2.75) is 91.6 Å². The minimum Gasteiger partial charge on any atom is -0.413 e. The summed E-state index contributed by atoms with van der Waals surface area (Å²) in [7, 11) is -1.96. The summed E-state index contributed by atoms with van der Waals surface area (Å²) in [6.45, 7) is 18.5. The van der Waals surface area contributed by atoms with E-state index in [2.05, 4.69) is 47.7 Å². The van der Waals surface area contributed by atoms with Crippen molar-refractivity contribution < 1.29 is 19.1 Å². The molecule has 0 spiro atoms. The van der Waals surface area contributed by atoms with Gasteiger partial charge in [-0.25, -0.2) is 0 Å². The quantitative estimate of drug-likeness (QED) is 0.508. The number of carbonyl (C=O) groups excluding carboxylic acids is 2. The normalized spacial score (nSPS) is 17.0. The molecule has 23 heavy (non-hydrogen) atoms. The monoisotopic (exact) mass is 344 g/mol. The van der Waals surface area contributed by atoms with E-state index in [0.717, 1.165) is 0 Å². The van der Waals surface area contributed by atoms with Crippen molar-refractivity contribution >= 4 is 19.9 Å². The highest BCUT2D eigenvalue weighted by atomic mass is 28.4. The van der Waals surface area contributed by atoms with Gasteiger partial charge in [-0.3, -0.25) is 9.59 Å². The highest BCUT2D eigenvalue weighted by Gasteiger charge is 2.42. The van der Waals surface area contributed by atoms with Gasteiger partial charge in [0.25, 0.3) is 0 Å². The predicted molar refractivity (Wildman–Crippen MR) is 97.0 cm³/mol. The van der Waals surface area contributed by atoms with Crippen LogP contribution in [0, 0.1) is 11.8 Å². The zero-order chi connectivity index (χ0) is 18.6. The summed E-state index contributed by atoms with van der Waals surface area (Å²) < 4.78 is 6.51. The number of Topliss-reactive ketones (excluding diaryl/α,β-unsaturated/α-hetero) is 2. The molecule has 5 heteroatoms. The first-order valence-electron chi connectivity index (χ1n) is 8.56. The molecule has 136 valence electrons. The molecule has 0 aromatic carbocycles. The Kier molecular flexibility index (Phi) is 8.34. The first-order chi connectivity index (χ1) is 10.2. The van der Waals surface area contributed by atoms with Gasteiger partial charge in [0.05, 0.1) is 18.6 Å². The van der Waals surface area contributed by atoms with Gasteiger partial charge in [0, 0.05) is 12.3 Å². The van der Waals surface area contributed by atoms with Crippen LogP contribution in [-0.4, -0.2) is 37.2 Å². The van der Waals surface area contributed by atoms with Crippen LogP contribution in [0.25, 0.3) is 0 Å². The molecule has 0 amide bonds. The summed E-state index contributed by atoms with van der Waals surface area (Å²) in [6, 6.07) is 0. The van der Waals surface area contributed by atoms with E-state index in [9.17, 15) is 14.7 Å². The van der Waals surface area contributed by atoms with Gasteiger partial charge in [-0.1, -0.05) is 41.5 Å². The zero-order valence-corrected chi connectivity index (χ0v) is 17.4. The molecule has 0 fully saturated rings. The highest BCUT2D eigenvalue weighted by molar-refractivity contribution is 6.74. The van der Waals surface area contributed by atoms with Crippen molar-refractivity contribution in [2.24, 2.45) is 11.8 Å². The number of hydrogen-bond donors (Lipinski definition) is 1. The summed E-state index contributed by atoms with van der Waals surface area (Å²) in [4.78, 5) is 22.8. The summed E-state index contributed by atoms with van der Waals surface area (Å²) in [5.74, 6) is -0.267. The average molecular weight is 345 g/mol. The van der Waals surface area contributed by atoms with Gasteiger partial charge in [0.2, 0.25) is 0 Å². The molecule has 0 saturated heterocycles. The summed E-state index contributed by atoms with van der Waals surface area (Å²) in [5, 5.41) is 10.5. The fourth-order valence-electron chi connectivity index (χ4n) is 2.36. The Bertz CT molecular complexity index is 410. The van der Waals surface area contributed by atoms with Crippen LogP contribution in [-0.2, 0) is 14.0 Å². The van der Waals surface area contributed by atoms with Gasteiger partial charge in [0.15, 0.2) is 8.32 Å². The molecular formula is C18H36O4Si. The van der Waals surface area contributed by atoms with E-state index in [4.69, 9.17) is 4.43 Å². The van der Waals surface area contributed by atoms with Crippen molar-refractivity contribution in [3.8, 4) is 0 Å². The smallest absolute Gasteiger partial charge is 0.192 e. The number of ketones is 2. The minimum absolute atomic E-state index is 0.0187. The van der Waals surface area contributed by atoms with Crippen LogP contribution in [0.1, 0.15) is 61.3 Å². The van der Waals surface area contributed by atoms with Crippen molar-refractivity contribution in [1.82, 2.24) is 0 Å². The lowest BCUT2D eigenvalue weighted by atomic mass is 9.88. The van der Waals surface area contributed by atoms with Crippen LogP contribution in [0.5, 0.6) is 0 Å². The molecule has 0 aliphatic carbocycles. The first kappa shape index (κ1) is 22.5. The molecule has 4 nitrogen and oxygen atoms in total. The molecule has 0 aliphatic heterocycles. The zero-order valence-electron chi connectivity index (χ0n) is 16.4. The third kappa shape index (κ3) is 7.27. The van der Waals surface area contributed by atoms with Crippen molar-refractivity contribution in [2.75, 3.05) is 0 Å². The topological polar surface area (TPSA) is 63.6 Å². The second kappa shape index (κ2) is 8.54. The highest BCUT2D eigenvalue weighted by Crippen LogP contribution is 2.39. The molecule has 1 N–H and O–H groups in total.